The van der Waals surface area contributed by atoms with E-state index in [2.05, 4.69) is 46.8 Å². The number of halogens is 2. The number of amides is 1. The van der Waals surface area contributed by atoms with E-state index < -0.39 is 0 Å². The lowest BCUT2D eigenvalue weighted by atomic mass is 10.1. The van der Waals surface area contributed by atoms with Crippen molar-refractivity contribution in [1.82, 2.24) is 15.5 Å². The zero-order chi connectivity index (χ0) is 20.5. The smallest absolute Gasteiger partial charge is 0.222 e. The van der Waals surface area contributed by atoms with Crippen molar-refractivity contribution in [1.29, 1.82) is 0 Å². The van der Waals surface area contributed by atoms with E-state index in [0.717, 1.165) is 60.1 Å². The summed E-state index contributed by atoms with van der Waals surface area (Å²) in [6.07, 6.45) is 2.50. The number of nitrogens with one attached hydrogen (secondary N) is 2. The number of hydrogen-bond donors (Lipinski definition) is 2. The molecule has 0 aliphatic carbocycles. The first-order valence-electron chi connectivity index (χ1n) is 10.3. The second-order valence-corrected chi connectivity index (χ2v) is 7.61. The Kier molecular flexibility index (Phi) is 10.4. The molecule has 5 nitrogen and oxygen atoms in total. The SMILES string of the molecule is CCNC(=NCc1ccc(CN2CCCC2=O)cc1)NCCc1ccccc1Cl.I. The number of likely N-dealkylation sites (tertiary alicyclic amines) is 1. The van der Waals surface area contributed by atoms with Crippen molar-refractivity contribution in [2.45, 2.75) is 39.3 Å². The Morgan fingerprint density at radius 3 is 2.50 bits per heavy atom. The second kappa shape index (κ2) is 12.8. The van der Waals surface area contributed by atoms with Gasteiger partial charge in [-0.1, -0.05) is 54.1 Å². The minimum Gasteiger partial charge on any atom is -0.357 e. The van der Waals surface area contributed by atoms with Crippen LogP contribution in [0.25, 0.3) is 0 Å². The fraction of sp³-hybridized carbons (Fsp3) is 0.391. The van der Waals surface area contributed by atoms with Crippen molar-refractivity contribution in [2.75, 3.05) is 19.6 Å². The van der Waals surface area contributed by atoms with E-state index in [-0.39, 0.29) is 29.9 Å². The molecule has 1 aliphatic rings. The fourth-order valence-electron chi connectivity index (χ4n) is 3.37. The van der Waals surface area contributed by atoms with Gasteiger partial charge in [-0.25, -0.2) is 4.99 Å². The second-order valence-electron chi connectivity index (χ2n) is 7.20. The molecule has 0 unspecified atom stereocenters. The Balaban J connectivity index is 0.00000320. The Hall–Kier alpha value is -1.80. The molecule has 0 radical (unpaired) electrons. The molecule has 7 heteroatoms. The molecule has 0 atom stereocenters. The molecule has 2 N–H and O–H groups in total. The van der Waals surface area contributed by atoms with E-state index in [4.69, 9.17) is 11.6 Å². The number of carbonyl (C=O) groups is 1. The molecule has 1 fully saturated rings. The van der Waals surface area contributed by atoms with E-state index in [1.165, 1.54) is 0 Å². The first kappa shape index (κ1) is 24.5. The summed E-state index contributed by atoms with van der Waals surface area (Å²) < 4.78 is 0. The maximum absolute atomic E-state index is 11.8. The Bertz CT molecular complexity index is 841. The van der Waals surface area contributed by atoms with Gasteiger partial charge in [-0.3, -0.25) is 4.79 Å². The highest BCUT2D eigenvalue weighted by molar-refractivity contribution is 14.0. The molecule has 0 spiro atoms. The van der Waals surface area contributed by atoms with Gasteiger partial charge in [-0.05, 0) is 42.5 Å². The van der Waals surface area contributed by atoms with Crippen LogP contribution in [0.2, 0.25) is 5.02 Å². The van der Waals surface area contributed by atoms with Crippen molar-refractivity contribution in [2.24, 2.45) is 4.99 Å². The highest BCUT2D eigenvalue weighted by Crippen LogP contribution is 2.16. The summed E-state index contributed by atoms with van der Waals surface area (Å²) in [5, 5.41) is 7.45. The summed E-state index contributed by atoms with van der Waals surface area (Å²) in [5.74, 6) is 1.06. The molecule has 0 saturated carbocycles. The van der Waals surface area contributed by atoms with Gasteiger partial charge < -0.3 is 15.5 Å². The predicted molar refractivity (Wildman–Crippen MR) is 134 cm³/mol. The molecule has 30 heavy (non-hydrogen) atoms. The van der Waals surface area contributed by atoms with Gasteiger partial charge in [-0.15, -0.1) is 24.0 Å². The molecule has 1 aliphatic heterocycles. The number of aliphatic imine (C=N–C) groups is 1. The average molecular weight is 541 g/mol. The molecular formula is C23H30ClIN4O. The van der Waals surface area contributed by atoms with E-state index in [9.17, 15) is 4.79 Å². The van der Waals surface area contributed by atoms with Crippen molar-refractivity contribution in [3.63, 3.8) is 0 Å². The zero-order valence-corrected chi connectivity index (χ0v) is 20.5. The normalized spacial score (nSPS) is 13.9. The van der Waals surface area contributed by atoms with Gasteiger partial charge in [-0.2, -0.15) is 0 Å². The summed E-state index contributed by atoms with van der Waals surface area (Å²) in [7, 11) is 0. The third-order valence-electron chi connectivity index (χ3n) is 4.98. The van der Waals surface area contributed by atoms with Crippen LogP contribution in [-0.2, 0) is 24.3 Å². The topological polar surface area (TPSA) is 56.7 Å². The number of rotatable bonds is 8. The van der Waals surface area contributed by atoms with Crippen LogP contribution < -0.4 is 10.6 Å². The van der Waals surface area contributed by atoms with Crippen LogP contribution in [0, 0.1) is 0 Å². The standard InChI is InChI=1S/C23H29ClN4O.HI/c1-2-25-23(26-14-13-20-6-3-4-7-21(20)24)27-16-18-9-11-19(12-10-18)17-28-15-5-8-22(28)29;/h3-4,6-7,9-12H,2,5,8,13-17H2,1H3,(H2,25,26,27);1H. The molecule has 1 saturated heterocycles. The van der Waals surface area contributed by atoms with Gasteiger partial charge >= 0.3 is 0 Å². The van der Waals surface area contributed by atoms with E-state index in [1.807, 2.05) is 29.2 Å². The van der Waals surface area contributed by atoms with Crippen LogP contribution in [-0.4, -0.2) is 36.4 Å². The van der Waals surface area contributed by atoms with Gasteiger partial charge in [0.25, 0.3) is 0 Å². The molecule has 162 valence electrons. The molecule has 3 rings (SSSR count). The largest absolute Gasteiger partial charge is 0.357 e. The maximum Gasteiger partial charge on any atom is 0.222 e. The molecular weight excluding hydrogens is 511 g/mol. The molecule has 2 aromatic rings. The summed E-state index contributed by atoms with van der Waals surface area (Å²) in [6.45, 7) is 5.80. The highest BCUT2D eigenvalue weighted by atomic mass is 127. The monoisotopic (exact) mass is 540 g/mol. The van der Waals surface area contributed by atoms with Crippen molar-refractivity contribution in [3.05, 3.63) is 70.2 Å². The lowest BCUT2D eigenvalue weighted by molar-refractivity contribution is -0.128. The van der Waals surface area contributed by atoms with Crippen LogP contribution in [0.4, 0.5) is 0 Å². The average Bonchev–Trinajstić information content (AvgIpc) is 3.13. The predicted octanol–water partition coefficient (Wildman–Crippen LogP) is 4.38. The minimum absolute atomic E-state index is 0. The minimum atomic E-state index is 0. The third-order valence-corrected chi connectivity index (χ3v) is 5.35. The van der Waals surface area contributed by atoms with Crippen LogP contribution in [0.5, 0.6) is 0 Å². The van der Waals surface area contributed by atoms with Gasteiger partial charge in [0.15, 0.2) is 5.96 Å². The number of carbonyl (C=O) groups excluding carboxylic acids is 1. The van der Waals surface area contributed by atoms with E-state index in [1.54, 1.807) is 0 Å². The Labute approximate surface area is 201 Å². The van der Waals surface area contributed by atoms with Crippen molar-refractivity contribution >= 4 is 47.4 Å². The zero-order valence-electron chi connectivity index (χ0n) is 17.4. The highest BCUT2D eigenvalue weighted by Gasteiger charge is 2.19. The number of nitrogens with zero attached hydrogens (tertiary/aromatic N) is 2. The summed E-state index contributed by atoms with van der Waals surface area (Å²) in [5.41, 5.74) is 3.44. The first-order valence-corrected chi connectivity index (χ1v) is 10.6. The maximum atomic E-state index is 11.8. The quantitative estimate of drug-likeness (QED) is 0.297. The summed E-state index contributed by atoms with van der Waals surface area (Å²) in [6, 6.07) is 16.3. The molecule has 1 heterocycles. The lowest BCUT2D eigenvalue weighted by Gasteiger charge is -2.15. The molecule has 2 aromatic carbocycles. The van der Waals surface area contributed by atoms with Gasteiger partial charge in [0.1, 0.15) is 0 Å². The third kappa shape index (κ3) is 7.47. The van der Waals surface area contributed by atoms with Crippen LogP contribution in [0.1, 0.15) is 36.5 Å². The van der Waals surface area contributed by atoms with Crippen LogP contribution in [0.3, 0.4) is 0 Å². The summed E-state index contributed by atoms with van der Waals surface area (Å²) in [4.78, 5) is 18.4. The fourth-order valence-corrected chi connectivity index (χ4v) is 3.60. The van der Waals surface area contributed by atoms with Crippen molar-refractivity contribution in [3.8, 4) is 0 Å². The summed E-state index contributed by atoms with van der Waals surface area (Å²) >= 11 is 6.22. The lowest BCUT2D eigenvalue weighted by Crippen LogP contribution is -2.38. The van der Waals surface area contributed by atoms with E-state index >= 15 is 0 Å². The molecule has 0 bridgehead atoms. The number of benzene rings is 2. The Morgan fingerprint density at radius 1 is 1.10 bits per heavy atom. The van der Waals surface area contributed by atoms with Crippen LogP contribution in [0.15, 0.2) is 53.5 Å². The van der Waals surface area contributed by atoms with Gasteiger partial charge in [0.2, 0.25) is 5.91 Å². The Morgan fingerprint density at radius 2 is 1.83 bits per heavy atom. The molecule has 0 aromatic heterocycles. The van der Waals surface area contributed by atoms with E-state index in [0.29, 0.717) is 19.5 Å². The number of hydrogen-bond acceptors (Lipinski definition) is 2. The van der Waals surface area contributed by atoms with Gasteiger partial charge in [0, 0.05) is 37.6 Å². The van der Waals surface area contributed by atoms with Crippen molar-refractivity contribution < 1.29 is 4.79 Å². The van der Waals surface area contributed by atoms with Crippen LogP contribution >= 0.6 is 35.6 Å². The molecule has 1 amide bonds. The first-order chi connectivity index (χ1) is 14.2. The van der Waals surface area contributed by atoms with Gasteiger partial charge in [0.05, 0.1) is 6.54 Å². The number of guanidine groups is 1.